The van der Waals surface area contributed by atoms with Crippen LogP contribution in [0.3, 0.4) is 0 Å². The molecule has 166 valence electrons. The zero-order valence-electron chi connectivity index (χ0n) is 18.8. The van der Waals surface area contributed by atoms with Gasteiger partial charge in [-0.3, -0.25) is 19.4 Å². The van der Waals surface area contributed by atoms with Crippen LogP contribution in [0.1, 0.15) is 59.6 Å². The summed E-state index contributed by atoms with van der Waals surface area (Å²) in [4.78, 5) is 30.3. The fraction of sp³-hybridized carbons (Fsp3) is 0.417. The molecule has 0 saturated carbocycles. The Morgan fingerprint density at radius 1 is 1.12 bits per heavy atom. The second-order valence-electron chi connectivity index (χ2n) is 8.10. The fourth-order valence-electron chi connectivity index (χ4n) is 4.61. The van der Waals surface area contributed by atoms with Gasteiger partial charge in [-0.1, -0.05) is 0 Å². The average Bonchev–Trinajstić information content (AvgIpc) is 3.27. The zero-order valence-corrected chi connectivity index (χ0v) is 20.5. The SMILES string of the molecule is CCN1C(=O)C(=Cc2cc(C)n(-c3sc4c(c3C#N)CCCC4)c2C)C(=O)N(CC)C1=S. The molecular weight excluding hydrogens is 440 g/mol. The number of carbonyl (C=O) groups excluding carboxylic acids is 2. The highest BCUT2D eigenvalue weighted by Crippen LogP contribution is 2.38. The van der Waals surface area contributed by atoms with E-state index in [1.165, 1.54) is 20.2 Å². The molecule has 2 amide bonds. The van der Waals surface area contributed by atoms with E-state index < -0.39 is 0 Å². The molecule has 0 radical (unpaired) electrons. The summed E-state index contributed by atoms with van der Waals surface area (Å²) in [6, 6.07) is 4.41. The molecule has 1 aliphatic carbocycles. The number of aromatic nitrogens is 1. The molecule has 32 heavy (non-hydrogen) atoms. The van der Waals surface area contributed by atoms with Gasteiger partial charge in [0, 0.05) is 29.4 Å². The first-order chi connectivity index (χ1) is 15.3. The molecule has 2 aromatic heterocycles. The van der Waals surface area contributed by atoms with Crippen LogP contribution in [0.5, 0.6) is 0 Å². The number of nitriles is 1. The van der Waals surface area contributed by atoms with Crippen LogP contribution in [0.2, 0.25) is 0 Å². The fourth-order valence-corrected chi connectivity index (χ4v) is 6.48. The second-order valence-corrected chi connectivity index (χ2v) is 9.55. The molecule has 1 saturated heterocycles. The van der Waals surface area contributed by atoms with E-state index in [4.69, 9.17) is 12.2 Å². The Morgan fingerprint density at radius 2 is 1.75 bits per heavy atom. The highest BCUT2D eigenvalue weighted by molar-refractivity contribution is 7.80. The predicted molar refractivity (Wildman–Crippen MR) is 130 cm³/mol. The quantitative estimate of drug-likeness (QED) is 0.383. The van der Waals surface area contributed by atoms with Crippen LogP contribution in [0.25, 0.3) is 11.1 Å². The minimum Gasteiger partial charge on any atom is -0.308 e. The first kappa shape index (κ1) is 22.4. The van der Waals surface area contributed by atoms with Crippen LogP contribution < -0.4 is 0 Å². The third-order valence-corrected chi connectivity index (χ3v) is 8.00. The van der Waals surface area contributed by atoms with Gasteiger partial charge in [0.1, 0.15) is 16.6 Å². The highest BCUT2D eigenvalue weighted by atomic mass is 32.1. The Balaban J connectivity index is 1.83. The first-order valence-electron chi connectivity index (χ1n) is 11.0. The van der Waals surface area contributed by atoms with Gasteiger partial charge in [0.15, 0.2) is 5.11 Å². The van der Waals surface area contributed by atoms with Crippen LogP contribution in [-0.2, 0) is 22.4 Å². The van der Waals surface area contributed by atoms with E-state index in [0.717, 1.165) is 53.2 Å². The maximum absolute atomic E-state index is 13.0. The number of thiophene rings is 1. The number of amides is 2. The number of thiocarbonyl (C=S) groups is 1. The Bertz CT molecular complexity index is 1180. The van der Waals surface area contributed by atoms with Crippen molar-refractivity contribution < 1.29 is 9.59 Å². The predicted octanol–water partition coefficient (Wildman–Crippen LogP) is 4.29. The van der Waals surface area contributed by atoms with E-state index >= 15 is 0 Å². The van der Waals surface area contributed by atoms with E-state index in [1.807, 2.05) is 33.8 Å². The number of fused-ring (bicyclic) bond motifs is 1. The van der Waals surface area contributed by atoms with Gasteiger partial charge in [-0.15, -0.1) is 11.3 Å². The van der Waals surface area contributed by atoms with Gasteiger partial charge in [0.25, 0.3) is 11.8 Å². The number of aryl methyl sites for hydroxylation is 2. The molecule has 4 rings (SSSR count). The largest absolute Gasteiger partial charge is 0.308 e. The van der Waals surface area contributed by atoms with Crippen molar-refractivity contribution >= 4 is 46.6 Å². The molecule has 0 atom stereocenters. The third kappa shape index (κ3) is 3.40. The van der Waals surface area contributed by atoms with Crippen molar-refractivity contribution in [3.05, 3.63) is 44.6 Å². The van der Waals surface area contributed by atoms with Gasteiger partial charge in [-0.2, -0.15) is 5.26 Å². The summed E-state index contributed by atoms with van der Waals surface area (Å²) in [5, 5.41) is 11.1. The van der Waals surface area contributed by atoms with Crippen LogP contribution in [0.15, 0.2) is 11.6 Å². The zero-order chi connectivity index (χ0) is 23.2. The molecule has 0 aromatic carbocycles. The number of nitrogens with zero attached hydrogens (tertiary/aromatic N) is 4. The summed E-state index contributed by atoms with van der Waals surface area (Å²) in [5.74, 6) is -0.720. The van der Waals surface area contributed by atoms with E-state index in [9.17, 15) is 14.9 Å². The minimum atomic E-state index is -0.360. The van der Waals surface area contributed by atoms with Gasteiger partial charge >= 0.3 is 0 Å². The first-order valence-corrected chi connectivity index (χ1v) is 12.2. The molecule has 0 spiro atoms. The number of rotatable bonds is 4. The number of likely N-dealkylation sites (N-methyl/N-ethyl adjacent to an activating group) is 2. The smallest absolute Gasteiger partial charge is 0.265 e. The topological polar surface area (TPSA) is 69.3 Å². The van der Waals surface area contributed by atoms with Gasteiger partial charge < -0.3 is 4.57 Å². The van der Waals surface area contributed by atoms with Crippen molar-refractivity contribution in [1.82, 2.24) is 14.4 Å². The molecule has 6 nitrogen and oxygen atoms in total. The van der Waals surface area contributed by atoms with Crippen molar-refractivity contribution in [3.8, 4) is 11.1 Å². The van der Waals surface area contributed by atoms with Gasteiger partial charge in [-0.05, 0) is 88.9 Å². The number of hydrogen-bond donors (Lipinski definition) is 0. The molecular formula is C24H26N4O2S2. The van der Waals surface area contributed by atoms with E-state index in [-0.39, 0.29) is 22.5 Å². The summed E-state index contributed by atoms with van der Waals surface area (Å²) in [5.41, 5.74) is 4.74. The Kier molecular flexibility index (Phi) is 6.06. The van der Waals surface area contributed by atoms with Crippen LogP contribution >= 0.6 is 23.6 Å². The monoisotopic (exact) mass is 466 g/mol. The standard InChI is InChI=1S/C24H26N4O2S2/c1-5-26-21(29)18(22(30)27(6-2)24(26)31)12-16-11-14(3)28(15(16)4)23-19(13-25)17-9-7-8-10-20(17)32-23/h11-12H,5-10H2,1-4H3. The van der Waals surface area contributed by atoms with E-state index in [1.54, 1.807) is 17.4 Å². The lowest BCUT2D eigenvalue weighted by atomic mass is 9.96. The lowest BCUT2D eigenvalue weighted by Gasteiger charge is -2.35. The van der Waals surface area contributed by atoms with Gasteiger partial charge in [-0.25, -0.2) is 0 Å². The lowest BCUT2D eigenvalue weighted by Crippen LogP contribution is -2.55. The molecule has 0 N–H and O–H groups in total. The molecule has 8 heteroatoms. The van der Waals surface area contributed by atoms with Gasteiger partial charge in [0.2, 0.25) is 0 Å². The average molecular weight is 467 g/mol. The maximum atomic E-state index is 13.0. The van der Waals surface area contributed by atoms with Gasteiger partial charge in [0.05, 0.1) is 5.56 Å². The molecule has 2 aromatic rings. The molecule has 1 aliphatic heterocycles. The van der Waals surface area contributed by atoms with Crippen molar-refractivity contribution in [2.75, 3.05) is 13.1 Å². The van der Waals surface area contributed by atoms with Crippen molar-refractivity contribution in [2.24, 2.45) is 0 Å². The third-order valence-electron chi connectivity index (χ3n) is 6.28. The number of hydrogen-bond acceptors (Lipinski definition) is 5. The molecule has 1 fully saturated rings. The molecule has 0 bridgehead atoms. The summed E-state index contributed by atoms with van der Waals surface area (Å²) >= 11 is 7.04. The summed E-state index contributed by atoms with van der Waals surface area (Å²) < 4.78 is 2.09. The lowest BCUT2D eigenvalue weighted by molar-refractivity contribution is -0.133. The second kappa shape index (κ2) is 8.64. The van der Waals surface area contributed by atoms with Crippen LogP contribution in [-0.4, -0.2) is 44.4 Å². The summed E-state index contributed by atoms with van der Waals surface area (Å²) in [7, 11) is 0. The molecule has 0 unspecified atom stereocenters. The minimum absolute atomic E-state index is 0.119. The highest BCUT2D eigenvalue weighted by Gasteiger charge is 2.38. The Morgan fingerprint density at radius 3 is 2.34 bits per heavy atom. The van der Waals surface area contributed by atoms with Crippen LogP contribution in [0, 0.1) is 25.2 Å². The maximum Gasteiger partial charge on any atom is 0.265 e. The summed E-state index contributed by atoms with van der Waals surface area (Å²) in [6.07, 6.45) is 5.93. The van der Waals surface area contributed by atoms with E-state index in [2.05, 4.69) is 10.6 Å². The number of carbonyl (C=O) groups is 2. The van der Waals surface area contributed by atoms with Crippen molar-refractivity contribution in [2.45, 2.75) is 53.4 Å². The molecule has 2 aliphatic rings. The van der Waals surface area contributed by atoms with E-state index in [0.29, 0.717) is 13.1 Å². The Hall–Kier alpha value is -2.76. The van der Waals surface area contributed by atoms with Crippen molar-refractivity contribution in [1.29, 1.82) is 5.26 Å². The normalized spacial score (nSPS) is 16.5. The molecule has 3 heterocycles. The summed E-state index contributed by atoms with van der Waals surface area (Å²) in [6.45, 7) is 8.47. The Labute approximate surface area is 197 Å². The van der Waals surface area contributed by atoms with Crippen LogP contribution in [0.4, 0.5) is 0 Å². The van der Waals surface area contributed by atoms with Crippen molar-refractivity contribution in [3.63, 3.8) is 0 Å².